The lowest BCUT2D eigenvalue weighted by Crippen LogP contribution is -2.43. The van der Waals surface area contributed by atoms with Crippen molar-refractivity contribution in [1.82, 2.24) is 9.88 Å². The standard InChI is InChI=1S/C22H28N2O/c1-17-22(7-4-14-23-17)18-8-10-20(11-9-18)25-21-12-15-24(16-13-21)19-5-2-3-6-19/h4,7-11,14,19,21H,2-3,5-6,12-13,15-16H2,1H3. The van der Waals surface area contributed by atoms with E-state index < -0.39 is 0 Å². The predicted octanol–water partition coefficient (Wildman–Crippen LogP) is 4.84. The number of pyridine rings is 1. The predicted molar refractivity (Wildman–Crippen MR) is 102 cm³/mol. The topological polar surface area (TPSA) is 25.4 Å². The van der Waals surface area contributed by atoms with Gasteiger partial charge in [0.05, 0.1) is 0 Å². The fourth-order valence-corrected chi connectivity index (χ4v) is 4.32. The summed E-state index contributed by atoms with van der Waals surface area (Å²) in [6, 6.07) is 13.5. The van der Waals surface area contributed by atoms with Crippen LogP contribution >= 0.6 is 0 Å². The first-order valence-electron chi connectivity index (χ1n) is 9.72. The lowest BCUT2D eigenvalue weighted by molar-refractivity contribution is 0.0768. The summed E-state index contributed by atoms with van der Waals surface area (Å²) in [5.74, 6) is 0.990. The summed E-state index contributed by atoms with van der Waals surface area (Å²) in [5.41, 5.74) is 3.46. The monoisotopic (exact) mass is 336 g/mol. The Balaban J connectivity index is 1.34. The van der Waals surface area contributed by atoms with Crippen LogP contribution < -0.4 is 4.74 Å². The fraction of sp³-hybridized carbons (Fsp3) is 0.500. The van der Waals surface area contributed by atoms with Gasteiger partial charge in [-0.2, -0.15) is 0 Å². The second kappa shape index (κ2) is 7.57. The SMILES string of the molecule is Cc1ncccc1-c1ccc(OC2CCN(C3CCCC3)CC2)cc1. The maximum absolute atomic E-state index is 6.25. The molecular weight excluding hydrogens is 308 g/mol. The van der Waals surface area contributed by atoms with Gasteiger partial charge in [-0.3, -0.25) is 4.98 Å². The molecule has 4 rings (SSSR count). The molecule has 0 atom stereocenters. The third kappa shape index (κ3) is 3.87. The van der Waals surface area contributed by atoms with Gasteiger partial charge in [0.15, 0.2) is 0 Å². The smallest absolute Gasteiger partial charge is 0.119 e. The third-order valence-corrected chi connectivity index (χ3v) is 5.79. The molecule has 2 fully saturated rings. The molecule has 3 nitrogen and oxygen atoms in total. The molecule has 132 valence electrons. The summed E-state index contributed by atoms with van der Waals surface area (Å²) in [5, 5.41) is 0. The molecule has 1 aliphatic heterocycles. The Morgan fingerprint density at radius 2 is 1.68 bits per heavy atom. The van der Waals surface area contributed by atoms with Crippen molar-refractivity contribution in [3.8, 4) is 16.9 Å². The number of piperidine rings is 1. The van der Waals surface area contributed by atoms with Crippen LogP contribution in [-0.4, -0.2) is 35.1 Å². The largest absolute Gasteiger partial charge is 0.490 e. The molecule has 3 heteroatoms. The van der Waals surface area contributed by atoms with Crippen LogP contribution in [0.4, 0.5) is 0 Å². The normalized spacial score (nSPS) is 20.0. The van der Waals surface area contributed by atoms with Crippen molar-refractivity contribution in [2.75, 3.05) is 13.1 Å². The molecule has 0 spiro atoms. The number of ether oxygens (including phenoxy) is 1. The Hall–Kier alpha value is -1.87. The van der Waals surface area contributed by atoms with Crippen LogP contribution in [0.3, 0.4) is 0 Å². The molecular formula is C22H28N2O. The van der Waals surface area contributed by atoms with Crippen LogP contribution in [0.5, 0.6) is 5.75 Å². The second-order valence-corrected chi connectivity index (χ2v) is 7.45. The highest BCUT2D eigenvalue weighted by molar-refractivity contribution is 5.66. The maximum atomic E-state index is 6.25. The zero-order valence-corrected chi connectivity index (χ0v) is 15.2. The molecule has 0 unspecified atom stereocenters. The van der Waals surface area contributed by atoms with Crippen LogP contribution in [0.25, 0.3) is 11.1 Å². The molecule has 1 aromatic carbocycles. The van der Waals surface area contributed by atoms with Crippen LogP contribution in [0, 0.1) is 6.92 Å². The van der Waals surface area contributed by atoms with E-state index in [1.54, 1.807) is 0 Å². The molecule has 0 N–H and O–H groups in total. The quantitative estimate of drug-likeness (QED) is 0.798. The summed E-state index contributed by atoms with van der Waals surface area (Å²) in [4.78, 5) is 7.07. The second-order valence-electron chi connectivity index (χ2n) is 7.45. The number of benzene rings is 1. The molecule has 2 aliphatic rings. The average Bonchev–Trinajstić information content (AvgIpc) is 3.18. The van der Waals surface area contributed by atoms with Crippen molar-refractivity contribution in [1.29, 1.82) is 0 Å². The van der Waals surface area contributed by atoms with Crippen molar-refractivity contribution >= 4 is 0 Å². The van der Waals surface area contributed by atoms with E-state index >= 15 is 0 Å². The van der Waals surface area contributed by atoms with E-state index in [1.165, 1.54) is 49.9 Å². The fourth-order valence-electron chi connectivity index (χ4n) is 4.32. The van der Waals surface area contributed by atoms with Crippen molar-refractivity contribution < 1.29 is 4.74 Å². The number of rotatable bonds is 4. The summed E-state index contributed by atoms with van der Waals surface area (Å²) in [6.07, 6.45) is 10.2. The Kier molecular flexibility index (Phi) is 5.02. The minimum Gasteiger partial charge on any atom is -0.490 e. The van der Waals surface area contributed by atoms with Gasteiger partial charge in [0.25, 0.3) is 0 Å². The van der Waals surface area contributed by atoms with E-state index in [-0.39, 0.29) is 0 Å². The molecule has 0 amide bonds. The van der Waals surface area contributed by atoms with Crippen molar-refractivity contribution in [3.05, 3.63) is 48.3 Å². The van der Waals surface area contributed by atoms with E-state index in [2.05, 4.69) is 47.1 Å². The molecule has 1 aliphatic carbocycles. The van der Waals surface area contributed by atoms with E-state index in [9.17, 15) is 0 Å². The van der Waals surface area contributed by atoms with Crippen LogP contribution in [0.1, 0.15) is 44.2 Å². The first kappa shape index (κ1) is 16.6. The molecule has 0 bridgehead atoms. The van der Waals surface area contributed by atoms with E-state index in [1.807, 2.05) is 12.3 Å². The van der Waals surface area contributed by atoms with E-state index in [0.29, 0.717) is 6.10 Å². The molecule has 2 heterocycles. The zero-order valence-electron chi connectivity index (χ0n) is 15.2. The molecule has 1 saturated carbocycles. The van der Waals surface area contributed by atoms with Crippen LogP contribution in [0.15, 0.2) is 42.6 Å². The summed E-state index contributed by atoms with van der Waals surface area (Å²) >= 11 is 0. The van der Waals surface area contributed by atoms with E-state index in [0.717, 1.165) is 30.3 Å². The minimum absolute atomic E-state index is 0.364. The molecule has 2 aromatic rings. The van der Waals surface area contributed by atoms with E-state index in [4.69, 9.17) is 4.74 Å². The van der Waals surface area contributed by atoms with Crippen LogP contribution in [-0.2, 0) is 0 Å². The van der Waals surface area contributed by atoms with Gasteiger partial charge in [-0.25, -0.2) is 0 Å². The van der Waals surface area contributed by atoms with Gasteiger partial charge < -0.3 is 9.64 Å². The van der Waals surface area contributed by atoms with Gasteiger partial charge in [0.1, 0.15) is 11.9 Å². The Morgan fingerprint density at radius 3 is 2.36 bits per heavy atom. The highest BCUT2D eigenvalue weighted by Gasteiger charge is 2.27. The Morgan fingerprint density at radius 1 is 0.960 bits per heavy atom. The van der Waals surface area contributed by atoms with Gasteiger partial charge in [0, 0.05) is 36.6 Å². The zero-order chi connectivity index (χ0) is 17.1. The van der Waals surface area contributed by atoms with Crippen LogP contribution in [0.2, 0.25) is 0 Å². The van der Waals surface area contributed by atoms with Gasteiger partial charge in [-0.1, -0.05) is 31.0 Å². The minimum atomic E-state index is 0.364. The van der Waals surface area contributed by atoms with Gasteiger partial charge in [-0.05, 0) is 56.4 Å². The number of hydrogen-bond acceptors (Lipinski definition) is 3. The summed E-state index contributed by atoms with van der Waals surface area (Å²) in [6.45, 7) is 4.45. The molecule has 1 saturated heterocycles. The molecule has 0 radical (unpaired) electrons. The maximum Gasteiger partial charge on any atom is 0.119 e. The average molecular weight is 336 g/mol. The first-order valence-corrected chi connectivity index (χ1v) is 9.72. The Bertz CT molecular complexity index is 683. The lowest BCUT2D eigenvalue weighted by atomic mass is 10.0. The Labute approximate surface area is 151 Å². The highest BCUT2D eigenvalue weighted by atomic mass is 16.5. The van der Waals surface area contributed by atoms with Crippen molar-refractivity contribution in [2.45, 2.75) is 57.6 Å². The van der Waals surface area contributed by atoms with Crippen molar-refractivity contribution in [3.63, 3.8) is 0 Å². The summed E-state index contributed by atoms with van der Waals surface area (Å²) < 4.78 is 6.25. The number of nitrogens with zero attached hydrogens (tertiary/aromatic N) is 2. The number of aromatic nitrogens is 1. The lowest BCUT2D eigenvalue weighted by Gasteiger charge is -2.36. The highest BCUT2D eigenvalue weighted by Crippen LogP contribution is 2.28. The van der Waals surface area contributed by atoms with Gasteiger partial charge in [0.2, 0.25) is 0 Å². The third-order valence-electron chi connectivity index (χ3n) is 5.79. The van der Waals surface area contributed by atoms with Gasteiger partial charge >= 0.3 is 0 Å². The number of aryl methyl sites for hydroxylation is 1. The van der Waals surface area contributed by atoms with Gasteiger partial charge in [-0.15, -0.1) is 0 Å². The molecule has 25 heavy (non-hydrogen) atoms. The van der Waals surface area contributed by atoms with Crippen molar-refractivity contribution in [2.24, 2.45) is 0 Å². The first-order chi connectivity index (χ1) is 12.3. The molecule has 1 aromatic heterocycles. The number of likely N-dealkylation sites (tertiary alicyclic amines) is 1. The number of hydrogen-bond donors (Lipinski definition) is 0. The summed E-state index contributed by atoms with van der Waals surface area (Å²) in [7, 11) is 0.